The number of aliphatic carboxylic acids is 1. The molecule has 11 heteroatoms. The molecule has 2 atom stereocenters. The van der Waals surface area contributed by atoms with Crippen LogP contribution in [0, 0.1) is 0 Å². The van der Waals surface area contributed by atoms with E-state index in [0.29, 0.717) is 25.1 Å². The Morgan fingerprint density at radius 3 is 2.29 bits per heavy atom. The van der Waals surface area contributed by atoms with Crippen molar-refractivity contribution in [3.63, 3.8) is 0 Å². The summed E-state index contributed by atoms with van der Waals surface area (Å²) in [5.41, 5.74) is 2.47. The highest BCUT2D eigenvalue weighted by Crippen LogP contribution is 2.22. The molecule has 0 aromatic heterocycles. The number of rotatable bonds is 11. The van der Waals surface area contributed by atoms with Crippen molar-refractivity contribution >= 4 is 30.2 Å². The number of carboxylic acid groups (broad SMARTS) is 1. The molecule has 1 aliphatic heterocycles. The van der Waals surface area contributed by atoms with Crippen molar-refractivity contribution in [2.45, 2.75) is 64.3 Å². The fourth-order valence-corrected chi connectivity index (χ4v) is 4.30. The predicted molar refractivity (Wildman–Crippen MR) is 150 cm³/mol. The van der Waals surface area contributed by atoms with Gasteiger partial charge in [-0.25, -0.2) is 4.79 Å². The Kier molecular flexibility index (Phi) is 11.0. The molecule has 0 saturated carbocycles. The number of ether oxygens (including phenoxy) is 2. The van der Waals surface area contributed by atoms with Crippen LogP contribution in [-0.4, -0.2) is 77.7 Å². The second-order valence-electron chi connectivity index (χ2n) is 10.8. The van der Waals surface area contributed by atoms with Gasteiger partial charge in [-0.1, -0.05) is 48.5 Å². The highest BCUT2D eigenvalue weighted by atomic mass is 16.6. The standard InChI is InChI=1S/C30H37N3O8/c1-30(2,3)41-29(39)33-15-4-16-40-26(33)14-13-25(35)32-24(28(38)31-18-27(36)37)17-20-5-9-22(10-6-20)23-11-7-21(19-34)8-12-23/h5-12,19,24,26H,4,13-18H2,1-3H3,(H,31,38)(H,32,35)(H,36,37)/t24-,26?/m0/s1. The number of amides is 3. The van der Waals surface area contributed by atoms with E-state index < -0.39 is 48.3 Å². The Hall–Kier alpha value is -4.25. The van der Waals surface area contributed by atoms with Crippen LogP contribution in [0.2, 0.25) is 0 Å². The minimum Gasteiger partial charge on any atom is -0.480 e. The number of benzene rings is 2. The normalized spacial score (nSPS) is 15.9. The largest absolute Gasteiger partial charge is 0.480 e. The van der Waals surface area contributed by atoms with Crippen LogP contribution in [0.5, 0.6) is 0 Å². The van der Waals surface area contributed by atoms with Gasteiger partial charge in [0.15, 0.2) is 0 Å². The molecular formula is C30H37N3O8. The van der Waals surface area contributed by atoms with Crippen LogP contribution in [0.1, 0.15) is 56.0 Å². The molecule has 0 spiro atoms. The van der Waals surface area contributed by atoms with Crippen LogP contribution in [0.15, 0.2) is 48.5 Å². The van der Waals surface area contributed by atoms with Gasteiger partial charge in [0, 0.05) is 31.4 Å². The lowest BCUT2D eigenvalue weighted by molar-refractivity contribution is -0.138. The summed E-state index contributed by atoms with van der Waals surface area (Å²) in [6.45, 7) is 5.62. The topological polar surface area (TPSA) is 151 Å². The van der Waals surface area contributed by atoms with E-state index in [-0.39, 0.29) is 19.3 Å². The third-order valence-electron chi connectivity index (χ3n) is 6.29. The lowest BCUT2D eigenvalue weighted by Gasteiger charge is -2.36. The minimum atomic E-state index is -1.20. The molecular weight excluding hydrogens is 530 g/mol. The summed E-state index contributed by atoms with van der Waals surface area (Å²) >= 11 is 0. The number of nitrogens with zero attached hydrogens (tertiary/aromatic N) is 1. The van der Waals surface area contributed by atoms with Gasteiger partial charge in [0.1, 0.15) is 30.7 Å². The van der Waals surface area contributed by atoms with Crippen molar-refractivity contribution in [3.8, 4) is 11.1 Å². The minimum absolute atomic E-state index is 0.0254. The van der Waals surface area contributed by atoms with Crippen molar-refractivity contribution in [1.82, 2.24) is 15.5 Å². The second-order valence-corrected chi connectivity index (χ2v) is 10.8. The molecule has 0 radical (unpaired) electrons. The maximum absolute atomic E-state index is 12.9. The van der Waals surface area contributed by atoms with E-state index in [9.17, 15) is 24.0 Å². The Labute approximate surface area is 239 Å². The van der Waals surface area contributed by atoms with Crippen molar-refractivity contribution in [2.24, 2.45) is 0 Å². The van der Waals surface area contributed by atoms with Crippen molar-refractivity contribution in [2.75, 3.05) is 19.7 Å². The van der Waals surface area contributed by atoms with E-state index in [1.54, 1.807) is 32.9 Å². The van der Waals surface area contributed by atoms with E-state index in [2.05, 4.69) is 10.6 Å². The van der Waals surface area contributed by atoms with Crippen LogP contribution in [-0.2, 0) is 30.3 Å². The van der Waals surface area contributed by atoms with Gasteiger partial charge in [0.25, 0.3) is 0 Å². The zero-order chi connectivity index (χ0) is 30.0. The molecule has 11 nitrogen and oxygen atoms in total. The number of hydrogen-bond donors (Lipinski definition) is 3. The fourth-order valence-electron chi connectivity index (χ4n) is 4.30. The van der Waals surface area contributed by atoms with E-state index in [1.807, 2.05) is 36.4 Å². The molecule has 0 bridgehead atoms. The number of carbonyl (C=O) groups is 5. The zero-order valence-corrected chi connectivity index (χ0v) is 23.6. The molecule has 1 saturated heterocycles. The Morgan fingerprint density at radius 2 is 1.71 bits per heavy atom. The van der Waals surface area contributed by atoms with Crippen molar-refractivity contribution in [3.05, 3.63) is 59.7 Å². The SMILES string of the molecule is CC(C)(C)OC(=O)N1CCCOC1CCC(=O)N[C@@H](Cc1ccc(-c2ccc(C=O)cc2)cc1)C(=O)NCC(=O)O. The van der Waals surface area contributed by atoms with Crippen LogP contribution in [0.3, 0.4) is 0 Å². The van der Waals surface area contributed by atoms with Crippen LogP contribution < -0.4 is 10.6 Å². The van der Waals surface area contributed by atoms with Crippen LogP contribution in [0.25, 0.3) is 11.1 Å². The Balaban J connectivity index is 1.65. The summed E-state index contributed by atoms with van der Waals surface area (Å²) < 4.78 is 11.2. The molecule has 3 amide bonds. The van der Waals surface area contributed by atoms with Gasteiger partial charge >= 0.3 is 12.1 Å². The average Bonchev–Trinajstić information content (AvgIpc) is 2.94. The summed E-state index contributed by atoms with van der Waals surface area (Å²) in [4.78, 5) is 61.7. The lowest BCUT2D eigenvalue weighted by Crippen LogP contribution is -2.50. The number of carboxylic acids is 1. The molecule has 2 aromatic carbocycles. The molecule has 1 fully saturated rings. The van der Waals surface area contributed by atoms with Gasteiger partial charge in [-0.15, -0.1) is 0 Å². The summed E-state index contributed by atoms with van der Waals surface area (Å²) in [6, 6.07) is 13.5. The van der Waals surface area contributed by atoms with Crippen molar-refractivity contribution in [1.29, 1.82) is 0 Å². The van der Waals surface area contributed by atoms with Crippen LogP contribution in [0.4, 0.5) is 4.79 Å². The Morgan fingerprint density at radius 1 is 1.07 bits per heavy atom. The van der Waals surface area contributed by atoms with Gasteiger partial charge in [0.2, 0.25) is 11.8 Å². The third-order valence-corrected chi connectivity index (χ3v) is 6.29. The highest BCUT2D eigenvalue weighted by Gasteiger charge is 2.32. The van der Waals surface area contributed by atoms with Gasteiger partial charge in [0.05, 0.1) is 6.61 Å². The maximum Gasteiger partial charge on any atom is 0.412 e. The smallest absolute Gasteiger partial charge is 0.412 e. The summed E-state index contributed by atoms with van der Waals surface area (Å²) in [7, 11) is 0. The summed E-state index contributed by atoms with van der Waals surface area (Å²) in [5, 5.41) is 14.0. The molecule has 3 rings (SSSR count). The Bertz CT molecular complexity index is 1220. The molecule has 1 heterocycles. The average molecular weight is 568 g/mol. The number of carbonyl (C=O) groups excluding carboxylic acids is 4. The van der Waals surface area contributed by atoms with Gasteiger partial charge in [-0.3, -0.25) is 24.1 Å². The van der Waals surface area contributed by atoms with E-state index in [1.165, 1.54) is 4.90 Å². The molecule has 1 unspecified atom stereocenters. The predicted octanol–water partition coefficient (Wildman–Crippen LogP) is 3.16. The van der Waals surface area contributed by atoms with Crippen LogP contribution >= 0.6 is 0 Å². The zero-order valence-electron chi connectivity index (χ0n) is 23.6. The summed E-state index contributed by atoms with van der Waals surface area (Å²) in [6.07, 6.45) is 0.570. The molecule has 3 N–H and O–H groups in total. The highest BCUT2D eigenvalue weighted by molar-refractivity contribution is 5.89. The molecule has 41 heavy (non-hydrogen) atoms. The van der Waals surface area contributed by atoms with Gasteiger partial charge < -0.3 is 25.2 Å². The van der Waals surface area contributed by atoms with E-state index >= 15 is 0 Å². The number of hydrogen-bond acceptors (Lipinski definition) is 7. The first-order valence-corrected chi connectivity index (χ1v) is 13.5. The molecule has 1 aliphatic rings. The number of aldehydes is 1. The number of nitrogens with one attached hydrogen (secondary N) is 2. The third kappa shape index (κ3) is 10.0. The molecule has 2 aromatic rings. The first-order valence-electron chi connectivity index (χ1n) is 13.5. The van der Waals surface area contributed by atoms with E-state index in [0.717, 1.165) is 23.0 Å². The lowest BCUT2D eigenvalue weighted by atomic mass is 9.99. The van der Waals surface area contributed by atoms with Gasteiger partial charge in [-0.05, 0) is 43.9 Å². The maximum atomic E-state index is 12.9. The quantitative estimate of drug-likeness (QED) is 0.350. The second kappa shape index (κ2) is 14.4. The van der Waals surface area contributed by atoms with Gasteiger partial charge in [-0.2, -0.15) is 0 Å². The fraction of sp³-hybridized carbons (Fsp3) is 0.433. The monoisotopic (exact) mass is 567 g/mol. The first-order chi connectivity index (χ1) is 19.4. The van der Waals surface area contributed by atoms with Crippen molar-refractivity contribution < 1.29 is 38.6 Å². The van der Waals surface area contributed by atoms with E-state index in [4.69, 9.17) is 14.6 Å². The first kappa shape index (κ1) is 31.3. The molecule has 220 valence electrons. The summed E-state index contributed by atoms with van der Waals surface area (Å²) in [5.74, 6) is -2.27. The molecule has 0 aliphatic carbocycles.